The van der Waals surface area contributed by atoms with E-state index in [1.165, 1.54) is 12.3 Å². The minimum absolute atomic E-state index is 0.0486. The van der Waals surface area contributed by atoms with Gasteiger partial charge >= 0.3 is 0 Å². The maximum Gasteiger partial charge on any atom is 0.257 e. The summed E-state index contributed by atoms with van der Waals surface area (Å²) >= 11 is 0. The van der Waals surface area contributed by atoms with Crippen molar-refractivity contribution in [3.05, 3.63) is 18.3 Å². The van der Waals surface area contributed by atoms with Gasteiger partial charge in [-0.3, -0.25) is 0 Å². The molecular formula is C12H21N5O2S. The molecule has 0 aromatic carbocycles. The highest BCUT2D eigenvalue weighted by Crippen LogP contribution is 2.23. The zero-order valence-corrected chi connectivity index (χ0v) is 12.5. The molecule has 0 spiro atoms. The van der Waals surface area contributed by atoms with E-state index in [1.807, 2.05) is 13.8 Å². The summed E-state index contributed by atoms with van der Waals surface area (Å²) in [6, 6.07) is 3.38. The molecule has 8 heteroatoms. The van der Waals surface area contributed by atoms with Crippen LogP contribution in [0.2, 0.25) is 0 Å². The van der Waals surface area contributed by atoms with E-state index in [0.717, 1.165) is 19.3 Å². The van der Waals surface area contributed by atoms with Crippen molar-refractivity contribution >= 4 is 15.8 Å². The van der Waals surface area contributed by atoms with Crippen LogP contribution in [0, 0.1) is 0 Å². The van der Waals surface area contributed by atoms with Crippen molar-refractivity contribution < 1.29 is 8.42 Å². The van der Waals surface area contributed by atoms with Crippen LogP contribution >= 0.6 is 0 Å². The molecule has 0 saturated carbocycles. The van der Waals surface area contributed by atoms with Gasteiger partial charge in [-0.2, -0.15) is 0 Å². The third-order valence-corrected chi connectivity index (χ3v) is 4.98. The van der Waals surface area contributed by atoms with Crippen molar-refractivity contribution in [1.82, 2.24) is 14.8 Å². The van der Waals surface area contributed by atoms with Gasteiger partial charge in [0.2, 0.25) is 0 Å². The lowest BCUT2D eigenvalue weighted by atomic mass is 10.0. The van der Waals surface area contributed by atoms with Crippen LogP contribution in [-0.4, -0.2) is 30.5 Å². The summed E-state index contributed by atoms with van der Waals surface area (Å²) in [5.41, 5.74) is 2.31. The first-order valence-corrected chi connectivity index (χ1v) is 8.16. The minimum Gasteiger partial charge on any atom is -0.307 e. The van der Waals surface area contributed by atoms with E-state index in [-0.39, 0.29) is 22.8 Å². The van der Waals surface area contributed by atoms with Gasteiger partial charge in [0, 0.05) is 18.3 Å². The summed E-state index contributed by atoms with van der Waals surface area (Å²) in [6.45, 7) is 4.03. The second-order valence-corrected chi connectivity index (χ2v) is 6.75. The third kappa shape index (κ3) is 3.09. The molecule has 7 nitrogen and oxygen atoms in total. The number of hydrogen-bond acceptors (Lipinski definition) is 6. The maximum atomic E-state index is 12.5. The molecule has 2 rings (SSSR count). The molecule has 2 atom stereocenters. The van der Waals surface area contributed by atoms with Crippen LogP contribution in [0.3, 0.4) is 0 Å². The van der Waals surface area contributed by atoms with Crippen molar-refractivity contribution in [3.8, 4) is 0 Å². The normalized spacial score (nSPS) is 24.6. The molecule has 1 aromatic rings. The topological polar surface area (TPSA) is 100 Å². The Kier molecular flexibility index (Phi) is 4.59. The van der Waals surface area contributed by atoms with E-state index in [4.69, 9.17) is 5.84 Å². The van der Waals surface area contributed by atoms with Gasteiger partial charge < -0.3 is 5.43 Å². The summed E-state index contributed by atoms with van der Waals surface area (Å²) < 4.78 is 25.0. The lowest BCUT2D eigenvalue weighted by Crippen LogP contribution is -2.54. The lowest BCUT2D eigenvalue weighted by Gasteiger charge is -2.38. The zero-order valence-electron chi connectivity index (χ0n) is 11.7. The van der Waals surface area contributed by atoms with Crippen LogP contribution in [0.1, 0.15) is 33.1 Å². The van der Waals surface area contributed by atoms with Crippen molar-refractivity contribution in [1.29, 1.82) is 0 Å². The number of piperidine rings is 1. The van der Waals surface area contributed by atoms with E-state index in [0.29, 0.717) is 0 Å². The molecule has 0 amide bonds. The number of nitrogens with one attached hydrogen (secondary N) is 2. The summed E-state index contributed by atoms with van der Waals surface area (Å²) in [5.74, 6) is 5.45. The highest BCUT2D eigenvalue weighted by atomic mass is 32.2. The predicted octanol–water partition coefficient (Wildman–Crippen LogP) is 0.823. The quantitative estimate of drug-likeness (QED) is 0.562. The van der Waals surface area contributed by atoms with E-state index >= 15 is 0 Å². The second-order valence-electron chi connectivity index (χ2n) is 5.13. The number of sulfonamides is 1. The molecule has 1 aliphatic heterocycles. The molecule has 20 heavy (non-hydrogen) atoms. The Hall–Kier alpha value is -1.22. The Labute approximate surface area is 119 Å². The fraction of sp³-hybridized carbons (Fsp3) is 0.583. The second kappa shape index (κ2) is 6.04. The molecule has 0 radical (unpaired) electrons. The van der Waals surface area contributed by atoms with Crippen LogP contribution in [0.4, 0.5) is 5.82 Å². The molecule has 1 saturated heterocycles. The van der Waals surface area contributed by atoms with Crippen LogP contribution in [0.5, 0.6) is 0 Å². The van der Waals surface area contributed by atoms with Crippen molar-refractivity contribution in [2.45, 2.75) is 50.1 Å². The number of aromatic nitrogens is 1. The Morgan fingerprint density at radius 2 is 2.00 bits per heavy atom. The highest BCUT2D eigenvalue weighted by Gasteiger charge is 2.30. The third-order valence-electron chi connectivity index (χ3n) is 3.62. The maximum absolute atomic E-state index is 12.5. The minimum atomic E-state index is -3.70. The standard InChI is InChI=1S/C12H21N5O2S/c1-9-5-3-6-10(2)17(9)16-20(18,19)11-7-4-8-14-12(11)15-13/h4,7-10,16H,3,5-6,13H2,1-2H3,(H,14,15). The van der Waals surface area contributed by atoms with Crippen molar-refractivity contribution in [2.75, 3.05) is 5.43 Å². The highest BCUT2D eigenvalue weighted by molar-refractivity contribution is 7.89. The van der Waals surface area contributed by atoms with Gasteiger partial charge in [-0.05, 0) is 38.8 Å². The smallest absolute Gasteiger partial charge is 0.257 e. The first-order valence-electron chi connectivity index (χ1n) is 6.68. The number of rotatable bonds is 4. The largest absolute Gasteiger partial charge is 0.307 e. The number of hydrazine groups is 2. The van der Waals surface area contributed by atoms with Gasteiger partial charge in [-0.15, -0.1) is 4.83 Å². The Morgan fingerprint density at radius 3 is 2.60 bits per heavy atom. The van der Waals surface area contributed by atoms with Crippen molar-refractivity contribution in [3.63, 3.8) is 0 Å². The Bertz CT molecular complexity index is 553. The van der Waals surface area contributed by atoms with E-state index < -0.39 is 10.0 Å². The van der Waals surface area contributed by atoms with Crippen molar-refractivity contribution in [2.24, 2.45) is 5.84 Å². The average molecular weight is 299 g/mol. The molecule has 1 aromatic heterocycles. The SMILES string of the molecule is CC1CCCC(C)N1NS(=O)(=O)c1cccnc1NN. The molecule has 0 bridgehead atoms. The van der Waals surface area contributed by atoms with E-state index in [9.17, 15) is 8.42 Å². The molecule has 1 fully saturated rings. The average Bonchev–Trinajstić information content (AvgIpc) is 2.43. The summed E-state index contributed by atoms with van der Waals surface area (Å²) in [5, 5.41) is 1.80. The molecule has 2 heterocycles. The molecule has 4 N–H and O–H groups in total. The summed E-state index contributed by atoms with van der Waals surface area (Å²) in [6.07, 6.45) is 4.55. The lowest BCUT2D eigenvalue weighted by molar-refractivity contribution is 0.0790. The van der Waals surface area contributed by atoms with Crippen LogP contribution < -0.4 is 16.1 Å². The van der Waals surface area contributed by atoms with Gasteiger partial charge in [0.15, 0.2) is 5.82 Å². The number of nitrogens with zero attached hydrogens (tertiary/aromatic N) is 2. The predicted molar refractivity (Wildman–Crippen MR) is 77.0 cm³/mol. The van der Waals surface area contributed by atoms with Gasteiger partial charge in [0.05, 0.1) is 0 Å². The number of nitrogen functional groups attached to an aromatic ring is 1. The van der Waals surface area contributed by atoms with Crippen LogP contribution in [0.15, 0.2) is 23.2 Å². The fourth-order valence-corrected chi connectivity index (χ4v) is 3.86. The van der Waals surface area contributed by atoms with Gasteiger partial charge in [0.1, 0.15) is 4.90 Å². The number of pyridine rings is 1. The molecule has 112 valence electrons. The summed E-state index contributed by atoms with van der Waals surface area (Å²) in [7, 11) is -3.70. The fourth-order valence-electron chi connectivity index (χ4n) is 2.50. The Balaban J connectivity index is 2.26. The van der Waals surface area contributed by atoms with E-state index in [2.05, 4.69) is 15.2 Å². The molecule has 1 aliphatic rings. The van der Waals surface area contributed by atoms with Crippen LogP contribution in [-0.2, 0) is 10.0 Å². The molecule has 0 aliphatic carbocycles. The first-order chi connectivity index (χ1) is 9.45. The Morgan fingerprint density at radius 1 is 1.35 bits per heavy atom. The monoisotopic (exact) mass is 299 g/mol. The van der Waals surface area contributed by atoms with Gasteiger partial charge in [0.25, 0.3) is 10.0 Å². The first kappa shape index (κ1) is 15.2. The van der Waals surface area contributed by atoms with Crippen LogP contribution in [0.25, 0.3) is 0 Å². The van der Waals surface area contributed by atoms with Gasteiger partial charge in [-0.1, -0.05) is 6.42 Å². The molecular weight excluding hydrogens is 278 g/mol. The van der Waals surface area contributed by atoms with Gasteiger partial charge in [-0.25, -0.2) is 24.3 Å². The number of nitrogens with two attached hydrogens (primary N) is 1. The number of hydrogen-bond donors (Lipinski definition) is 3. The molecule has 2 unspecified atom stereocenters. The summed E-state index contributed by atoms with van der Waals surface area (Å²) in [4.78, 5) is 6.63. The van der Waals surface area contributed by atoms with E-state index in [1.54, 1.807) is 11.1 Å². The number of anilines is 1. The zero-order chi connectivity index (χ0) is 14.8.